The van der Waals surface area contributed by atoms with Crippen molar-refractivity contribution in [3.05, 3.63) is 218 Å². The van der Waals surface area contributed by atoms with Crippen molar-refractivity contribution in [1.29, 1.82) is 0 Å². The molecule has 0 amide bonds. The molecule has 10 heteroatoms. The summed E-state index contributed by atoms with van der Waals surface area (Å²) in [5.41, 5.74) is 4.72. The topological polar surface area (TPSA) is 96.4 Å². The standard InChI is InChI=1S/C51H36N6O3Si/c1-3-16-36(17-4-1)61(37-18-5-2-6-19-37,38-20-13-15-35(31-38)56-43-25-10-11-26-44(43)57-42-24-9-8-23-41(42)55-50(56)57)46-28-14-22-40-49(46)59-45-27-12-7-21-39(45)51(40,32-47-52-29-30-58-47)33-48-53-34-54-60-48/h1-31,34H,32-33H2/i33D2. The molecular weight excluding hydrogens is 773 g/mol. The predicted octanol–water partition coefficient (Wildman–Crippen LogP) is 8.06. The number of oxazole rings is 1. The van der Waals surface area contributed by atoms with Crippen molar-refractivity contribution in [2.45, 2.75) is 18.2 Å². The molecule has 11 aromatic rings. The first-order valence-corrected chi connectivity index (χ1v) is 22.2. The van der Waals surface area contributed by atoms with Crippen molar-refractivity contribution >= 4 is 56.7 Å². The molecule has 1 aliphatic rings. The van der Waals surface area contributed by atoms with E-state index in [-0.39, 0.29) is 12.3 Å². The van der Waals surface area contributed by atoms with E-state index in [1.165, 1.54) is 12.6 Å². The lowest BCUT2D eigenvalue weighted by Crippen LogP contribution is -2.75. The number of aromatic nitrogens is 6. The van der Waals surface area contributed by atoms with E-state index in [2.05, 4.69) is 145 Å². The highest BCUT2D eigenvalue weighted by molar-refractivity contribution is 7.20. The maximum Gasteiger partial charge on any atom is 0.227 e. The molecule has 7 aromatic carbocycles. The van der Waals surface area contributed by atoms with Crippen LogP contribution >= 0.6 is 0 Å². The number of para-hydroxylation sites is 6. The first-order chi connectivity index (χ1) is 31.0. The molecule has 1 unspecified atom stereocenters. The molecule has 1 aliphatic heterocycles. The lowest BCUT2D eigenvalue weighted by atomic mass is 9.68. The zero-order valence-electron chi connectivity index (χ0n) is 34.6. The molecule has 0 radical (unpaired) electrons. The Kier molecular flexibility index (Phi) is 7.53. The number of nitrogens with zero attached hydrogens (tertiary/aromatic N) is 6. The average molecular weight is 811 g/mol. The summed E-state index contributed by atoms with van der Waals surface area (Å²) in [5.74, 6) is 2.08. The minimum absolute atomic E-state index is 0.0301. The van der Waals surface area contributed by atoms with E-state index < -0.39 is 19.9 Å². The predicted molar refractivity (Wildman–Crippen MR) is 239 cm³/mol. The Bertz CT molecular complexity index is 3430. The Hall–Kier alpha value is -7.82. The van der Waals surface area contributed by atoms with Crippen LogP contribution in [-0.2, 0) is 18.2 Å². The molecule has 0 bridgehead atoms. The van der Waals surface area contributed by atoms with Gasteiger partial charge in [0.25, 0.3) is 0 Å². The quantitative estimate of drug-likeness (QED) is 0.108. The monoisotopic (exact) mass is 810 g/mol. The summed E-state index contributed by atoms with van der Waals surface area (Å²) in [7, 11) is -3.46. The SMILES string of the molecule is [2H]C([2H])(c1ncno1)C1(Cc2ncco2)c2ccccc2Oc2c1cccc2[Si](c1ccccc1)(c1ccccc1)c1cccc(-n2c3ccccc3n3c4ccccc4nc23)c1. The van der Waals surface area contributed by atoms with Gasteiger partial charge >= 0.3 is 0 Å². The second-order valence-corrected chi connectivity index (χ2v) is 19.0. The fourth-order valence-corrected chi connectivity index (χ4v) is 14.5. The van der Waals surface area contributed by atoms with E-state index >= 15 is 0 Å². The van der Waals surface area contributed by atoms with Crippen molar-refractivity contribution in [3.8, 4) is 17.2 Å². The molecule has 4 aromatic heterocycles. The normalized spacial score (nSPS) is 15.6. The van der Waals surface area contributed by atoms with Crippen LogP contribution in [0.25, 0.3) is 33.5 Å². The van der Waals surface area contributed by atoms with Crippen LogP contribution in [0.2, 0.25) is 0 Å². The Balaban J connectivity index is 1.19. The summed E-state index contributed by atoms with van der Waals surface area (Å²) in [5, 5.41) is 8.16. The molecule has 292 valence electrons. The lowest BCUT2D eigenvalue weighted by Gasteiger charge is -2.42. The van der Waals surface area contributed by atoms with Crippen LogP contribution in [0.5, 0.6) is 11.5 Å². The zero-order valence-corrected chi connectivity index (χ0v) is 33.6. The van der Waals surface area contributed by atoms with Crippen molar-refractivity contribution in [3.63, 3.8) is 0 Å². The lowest BCUT2D eigenvalue weighted by molar-refractivity contribution is 0.314. The number of hydrogen-bond donors (Lipinski definition) is 0. The van der Waals surface area contributed by atoms with Crippen molar-refractivity contribution < 1.29 is 16.4 Å². The van der Waals surface area contributed by atoms with Crippen molar-refractivity contribution in [1.82, 2.24) is 29.1 Å². The van der Waals surface area contributed by atoms with Crippen LogP contribution in [0.4, 0.5) is 0 Å². The fourth-order valence-electron chi connectivity index (χ4n) is 9.62. The molecule has 0 fully saturated rings. The zero-order chi connectivity index (χ0) is 42.2. The minimum Gasteiger partial charge on any atom is -0.457 e. The van der Waals surface area contributed by atoms with E-state index in [1.54, 1.807) is 6.20 Å². The van der Waals surface area contributed by atoms with Gasteiger partial charge in [0.05, 0.1) is 28.3 Å². The number of imidazole rings is 2. The highest BCUT2D eigenvalue weighted by atomic mass is 28.3. The van der Waals surface area contributed by atoms with Gasteiger partial charge in [0.2, 0.25) is 11.7 Å². The van der Waals surface area contributed by atoms with E-state index in [1.807, 2.05) is 54.6 Å². The Labute approximate surface area is 354 Å². The van der Waals surface area contributed by atoms with Gasteiger partial charge in [-0.2, -0.15) is 4.98 Å². The van der Waals surface area contributed by atoms with Crippen LogP contribution < -0.4 is 25.5 Å². The molecule has 0 saturated heterocycles. The highest BCUT2D eigenvalue weighted by Crippen LogP contribution is 2.51. The Morgan fingerprint density at radius 1 is 0.623 bits per heavy atom. The summed E-state index contributed by atoms with van der Waals surface area (Å²) in [6, 6.07) is 60.6. The average Bonchev–Trinajstić information content (AvgIpc) is 4.17. The van der Waals surface area contributed by atoms with Gasteiger partial charge in [-0.25, -0.2) is 9.97 Å². The van der Waals surface area contributed by atoms with Gasteiger partial charge in [0.1, 0.15) is 17.8 Å². The van der Waals surface area contributed by atoms with Gasteiger partial charge < -0.3 is 13.7 Å². The maximum absolute atomic E-state index is 10.1. The van der Waals surface area contributed by atoms with E-state index in [4.69, 9.17) is 18.7 Å². The van der Waals surface area contributed by atoms with E-state index in [9.17, 15) is 2.74 Å². The first kappa shape index (κ1) is 33.1. The van der Waals surface area contributed by atoms with Crippen LogP contribution in [0.1, 0.15) is 25.6 Å². The van der Waals surface area contributed by atoms with Crippen molar-refractivity contribution in [2.24, 2.45) is 0 Å². The highest BCUT2D eigenvalue weighted by Gasteiger charge is 2.50. The summed E-state index contributed by atoms with van der Waals surface area (Å²) >= 11 is 0. The van der Waals surface area contributed by atoms with Crippen LogP contribution in [0, 0.1) is 0 Å². The first-order valence-electron chi connectivity index (χ1n) is 21.2. The van der Waals surface area contributed by atoms with Gasteiger partial charge in [-0.05, 0) is 63.2 Å². The van der Waals surface area contributed by atoms with Gasteiger partial charge in [-0.15, -0.1) is 0 Å². The molecule has 0 spiro atoms. The minimum atomic E-state index is -3.46. The second-order valence-electron chi connectivity index (χ2n) is 15.3. The Morgan fingerprint density at radius 3 is 2.08 bits per heavy atom. The van der Waals surface area contributed by atoms with Gasteiger partial charge in [0, 0.05) is 37.8 Å². The molecular formula is C51H36N6O3Si. The fraction of sp³-hybridized carbons (Fsp3) is 0.0588. The Morgan fingerprint density at radius 2 is 1.31 bits per heavy atom. The van der Waals surface area contributed by atoms with Gasteiger partial charge in [-0.1, -0.05) is 139 Å². The molecule has 0 N–H and O–H groups in total. The molecule has 0 saturated carbocycles. The summed E-state index contributed by atoms with van der Waals surface area (Å²) in [4.78, 5) is 14.1. The number of rotatable bonds is 9. The number of ether oxygens (including phenoxy) is 1. The van der Waals surface area contributed by atoms with Crippen LogP contribution in [-0.4, -0.2) is 37.2 Å². The number of hydrogen-bond acceptors (Lipinski definition) is 7. The third-order valence-corrected chi connectivity index (χ3v) is 16.9. The van der Waals surface area contributed by atoms with Crippen LogP contribution in [0.3, 0.4) is 0 Å². The number of benzene rings is 7. The molecule has 1 atom stereocenters. The smallest absolute Gasteiger partial charge is 0.227 e. The molecule has 0 aliphatic carbocycles. The summed E-state index contributed by atoms with van der Waals surface area (Å²) < 4.78 is 43.6. The van der Waals surface area contributed by atoms with Gasteiger partial charge in [-0.3, -0.25) is 8.97 Å². The molecule has 61 heavy (non-hydrogen) atoms. The second kappa shape index (κ2) is 13.9. The van der Waals surface area contributed by atoms with E-state index in [0.29, 0.717) is 28.5 Å². The third-order valence-electron chi connectivity index (χ3n) is 12.1. The molecule has 9 nitrogen and oxygen atoms in total. The summed E-state index contributed by atoms with van der Waals surface area (Å²) in [6.07, 6.45) is 2.07. The largest absolute Gasteiger partial charge is 0.457 e. The molecule has 12 rings (SSSR count). The number of fused-ring (bicyclic) bond motifs is 7. The summed E-state index contributed by atoms with van der Waals surface area (Å²) in [6.45, 7) is 0. The maximum atomic E-state index is 10.1. The third kappa shape index (κ3) is 5.32. The van der Waals surface area contributed by atoms with Crippen molar-refractivity contribution in [2.75, 3.05) is 0 Å². The van der Waals surface area contributed by atoms with Crippen LogP contribution in [0.15, 0.2) is 204 Å². The molecule has 5 heterocycles. The van der Waals surface area contributed by atoms with Gasteiger partial charge in [0.15, 0.2) is 20.3 Å². The van der Waals surface area contributed by atoms with E-state index in [0.717, 1.165) is 54.3 Å².